The van der Waals surface area contributed by atoms with Gasteiger partial charge in [-0.3, -0.25) is 0 Å². The summed E-state index contributed by atoms with van der Waals surface area (Å²) in [5.74, 6) is 2.04. The molecule has 4 nitrogen and oxygen atoms in total. The van der Waals surface area contributed by atoms with Gasteiger partial charge in [0.25, 0.3) is 0 Å². The Bertz CT molecular complexity index is 931. The van der Waals surface area contributed by atoms with Gasteiger partial charge in [-0.05, 0) is 30.5 Å². The number of halogens is 2. The van der Waals surface area contributed by atoms with E-state index in [-0.39, 0.29) is 0 Å². The van der Waals surface area contributed by atoms with Crippen molar-refractivity contribution in [2.24, 2.45) is 5.92 Å². The van der Waals surface area contributed by atoms with E-state index in [0.717, 1.165) is 53.5 Å². The molecule has 2 heterocycles. The van der Waals surface area contributed by atoms with Crippen LogP contribution in [0.15, 0.2) is 24.5 Å². The Hall–Kier alpha value is -1.65. The number of hydrogen-bond acceptors (Lipinski definition) is 3. The van der Waals surface area contributed by atoms with Crippen LogP contribution in [0, 0.1) is 5.92 Å². The molecule has 6 heteroatoms. The van der Waals surface area contributed by atoms with E-state index in [9.17, 15) is 0 Å². The predicted octanol–water partition coefficient (Wildman–Crippen LogP) is 5.94. The van der Waals surface area contributed by atoms with Gasteiger partial charge >= 0.3 is 0 Å². The third-order valence-corrected chi connectivity index (χ3v) is 5.60. The molecule has 0 radical (unpaired) electrons. The Balaban J connectivity index is 1.69. The first-order valence-corrected chi connectivity index (χ1v) is 10.1. The van der Waals surface area contributed by atoms with Crippen LogP contribution in [0.4, 0.5) is 0 Å². The quantitative estimate of drug-likeness (QED) is 0.470. The van der Waals surface area contributed by atoms with Crippen molar-refractivity contribution < 1.29 is 0 Å². The number of hydrogen-bond donors (Lipinski definition) is 0. The third kappa shape index (κ3) is 3.58. The van der Waals surface area contributed by atoms with Crippen LogP contribution in [0.25, 0.3) is 22.4 Å². The molecule has 0 atom stereocenters. The third-order valence-electron chi connectivity index (χ3n) is 5.05. The first-order valence-electron chi connectivity index (χ1n) is 9.33. The summed E-state index contributed by atoms with van der Waals surface area (Å²) < 4.78 is 2.25. The highest BCUT2D eigenvalue weighted by atomic mass is 35.5. The summed E-state index contributed by atoms with van der Waals surface area (Å²) in [5.41, 5.74) is 3.31. The van der Waals surface area contributed by atoms with Gasteiger partial charge in [0.15, 0.2) is 5.65 Å². The maximum Gasteiger partial charge on any atom is 0.164 e. The molecule has 0 unspecified atom stereocenters. The van der Waals surface area contributed by atoms with Crippen molar-refractivity contribution >= 4 is 34.4 Å². The number of aryl methyl sites for hydroxylation is 2. The molecule has 1 aliphatic rings. The number of imidazole rings is 1. The van der Waals surface area contributed by atoms with Gasteiger partial charge < -0.3 is 4.57 Å². The summed E-state index contributed by atoms with van der Waals surface area (Å²) in [5, 5.41) is 1.19. The van der Waals surface area contributed by atoms with Gasteiger partial charge in [-0.2, -0.15) is 0 Å². The molecule has 1 aliphatic carbocycles. The summed E-state index contributed by atoms with van der Waals surface area (Å²) in [7, 11) is 0. The zero-order valence-electron chi connectivity index (χ0n) is 14.9. The fourth-order valence-corrected chi connectivity index (χ4v) is 3.97. The van der Waals surface area contributed by atoms with E-state index in [1.54, 1.807) is 12.4 Å². The Kier molecular flexibility index (Phi) is 5.14. The van der Waals surface area contributed by atoms with Crippen molar-refractivity contribution in [1.29, 1.82) is 0 Å². The molecule has 2 aromatic heterocycles. The second kappa shape index (κ2) is 7.53. The van der Waals surface area contributed by atoms with Gasteiger partial charge in [0, 0.05) is 23.6 Å². The van der Waals surface area contributed by atoms with E-state index in [1.165, 1.54) is 25.7 Å². The summed E-state index contributed by atoms with van der Waals surface area (Å²) >= 11 is 12.4. The zero-order chi connectivity index (χ0) is 18.1. The molecule has 1 fully saturated rings. The average Bonchev–Trinajstić information content (AvgIpc) is 3.38. The molecule has 4 rings (SSSR count). The molecular weight excluding hydrogens is 367 g/mol. The normalized spacial score (nSPS) is 14.3. The Morgan fingerprint density at radius 1 is 1.15 bits per heavy atom. The number of unbranched alkanes of at least 4 members (excludes halogenated alkanes) is 1. The first kappa shape index (κ1) is 17.7. The molecule has 0 aliphatic heterocycles. The number of rotatable bonds is 7. The predicted molar refractivity (Wildman–Crippen MR) is 107 cm³/mol. The van der Waals surface area contributed by atoms with Crippen LogP contribution < -0.4 is 0 Å². The second-order valence-corrected chi connectivity index (χ2v) is 7.83. The summed E-state index contributed by atoms with van der Waals surface area (Å²) in [6.07, 6.45) is 9.11. The molecule has 0 saturated heterocycles. The molecule has 136 valence electrons. The molecule has 0 amide bonds. The maximum atomic E-state index is 6.40. The van der Waals surface area contributed by atoms with Crippen LogP contribution in [-0.2, 0) is 13.0 Å². The van der Waals surface area contributed by atoms with Gasteiger partial charge in [-0.15, -0.1) is 0 Å². The molecule has 3 aromatic rings. The second-order valence-electron chi connectivity index (χ2n) is 6.99. The van der Waals surface area contributed by atoms with Crippen LogP contribution in [0.5, 0.6) is 0 Å². The average molecular weight is 389 g/mol. The minimum atomic E-state index is 0.578. The van der Waals surface area contributed by atoms with Gasteiger partial charge in [0.05, 0.1) is 5.02 Å². The minimum absolute atomic E-state index is 0.578. The zero-order valence-corrected chi connectivity index (χ0v) is 16.4. The van der Waals surface area contributed by atoms with E-state index in [4.69, 9.17) is 28.2 Å². The fraction of sp³-hybridized carbons (Fsp3) is 0.450. The highest BCUT2D eigenvalue weighted by Crippen LogP contribution is 2.35. The van der Waals surface area contributed by atoms with Crippen molar-refractivity contribution in [2.45, 2.75) is 52.0 Å². The molecule has 0 bridgehead atoms. The number of fused-ring (bicyclic) bond motifs is 1. The van der Waals surface area contributed by atoms with Gasteiger partial charge in [-0.25, -0.2) is 15.0 Å². The molecular formula is C20H22Cl2N4. The van der Waals surface area contributed by atoms with Crippen LogP contribution in [-0.4, -0.2) is 19.5 Å². The first-order chi connectivity index (χ1) is 12.7. The van der Waals surface area contributed by atoms with Crippen molar-refractivity contribution in [3.05, 3.63) is 40.4 Å². The fourth-order valence-electron chi connectivity index (χ4n) is 3.47. The van der Waals surface area contributed by atoms with Gasteiger partial charge in [0.1, 0.15) is 23.4 Å². The molecule has 1 aromatic carbocycles. The highest BCUT2D eigenvalue weighted by Gasteiger charge is 2.21. The lowest BCUT2D eigenvalue weighted by molar-refractivity contribution is 0.557. The van der Waals surface area contributed by atoms with E-state index in [0.29, 0.717) is 10.0 Å². The summed E-state index contributed by atoms with van der Waals surface area (Å²) in [6, 6.07) is 5.46. The minimum Gasteiger partial charge on any atom is -0.313 e. The van der Waals surface area contributed by atoms with Crippen molar-refractivity contribution in [3.8, 4) is 11.3 Å². The SMILES string of the molecule is CCc1nc2c(-c3ccc(Cl)cc3Cl)ncnc2n1CCCCC1CC1. The molecule has 26 heavy (non-hydrogen) atoms. The maximum absolute atomic E-state index is 6.40. The van der Waals surface area contributed by atoms with Gasteiger partial charge in [0.2, 0.25) is 0 Å². The molecule has 0 spiro atoms. The lowest BCUT2D eigenvalue weighted by Gasteiger charge is -2.08. The standard InChI is InChI=1S/C20H22Cl2N4/c1-2-17-25-19-18(15-9-8-14(21)11-16(15)22)23-12-24-20(19)26(17)10-4-3-5-13-6-7-13/h8-9,11-13H,2-7,10H2,1H3. The van der Waals surface area contributed by atoms with Crippen LogP contribution in [0.2, 0.25) is 10.0 Å². The van der Waals surface area contributed by atoms with Crippen LogP contribution in [0.1, 0.15) is 44.9 Å². The lowest BCUT2D eigenvalue weighted by atomic mass is 10.1. The largest absolute Gasteiger partial charge is 0.313 e. The lowest BCUT2D eigenvalue weighted by Crippen LogP contribution is -2.04. The Morgan fingerprint density at radius 3 is 2.73 bits per heavy atom. The van der Waals surface area contributed by atoms with Crippen LogP contribution >= 0.6 is 23.2 Å². The molecule has 0 N–H and O–H groups in total. The number of aromatic nitrogens is 4. The van der Waals surface area contributed by atoms with E-state index in [2.05, 4.69) is 21.5 Å². The number of nitrogens with zero attached hydrogens (tertiary/aromatic N) is 4. The highest BCUT2D eigenvalue weighted by molar-refractivity contribution is 6.36. The van der Waals surface area contributed by atoms with Crippen molar-refractivity contribution in [3.63, 3.8) is 0 Å². The smallest absolute Gasteiger partial charge is 0.164 e. The topological polar surface area (TPSA) is 43.6 Å². The molecule has 1 saturated carbocycles. The van der Waals surface area contributed by atoms with E-state index < -0.39 is 0 Å². The van der Waals surface area contributed by atoms with E-state index in [1.807, 2.05) is 12.1 Å². The summed E-state index contributed by atoms with van der Waals surface area (Å²) in [6.45, 7) is 3.08. The monoisotopic (exact) mass is 388 g/mol. The van der Waals surface area contributed by atoms with Gasteiger partial charge in [-0.1, -0.05) is 55.8 Å². The van der Waals surface area contributed by atoms with E-state index >= 15 is 0 Å². The number of benzene rings is 1. The summed E-state index contributed by atoms with van der Waals surface area (Å²) in [4.78, 5) is 13.8. The Morgan fingerprint density at radius 2 is 2.00 bits per heavy atom. The van der Waals surface area contributed by atoms with Crippen LogP contribution in [0.3, 0.4) is 0 Å². The Labute approximate surface area is 163 Å². The van der Waals surface area contributed by atoms with Crippen molar-refractivity contribution in [1.82, 2.24) is 19.5 Å². The van der Waals surface area contributed by atoms with Crippen molar-refractivity contribution in [2.75, 3.05) is 0 Å².